The van der Waals surface area contributed by atoms with Crippen LogP contribution in [0.1, 0.15) is 43.1 Å². The zero-order chi connectivity index (χ0) is 24.0. The Morgan fingerprint density at radius 1 is 0.909 bits per heavy atom. The summed E-state index contributed by atoms with van der Waals surface area (Å²) in [6, 6.07) is 14.0. The second-order valence-corrected chi connectivity index (χ2v) is 9.37. The van der Waals surface area contributed by atoms with E-state index in [1.807, 2.05) is 14.1 Å². The second kappa shape index (κ2) is 11.4. The number of nitrogens with zero attached hydrogens (tertiary/aromatic N) is 3. The quantitative estimate of drug-likeness (QED) is 0.502. The molecular weight excluding hydrogens is 427 g/mol. The molecule has 0 spiro atoms. The lowest BCUT2D eigenvalue weighted by molar-refractivity contribution is -0.137. The zero-order valence-electron chi connectivity index (χ0n) is 20.1. The summed E-state index contributed by atoms with van der Waals surface area (Å²) in [5, 5.41) is 0. The molecule has 1 aliphatic rings. The number of benzene rings is 2. The van der Waals surface area contributed by atoms with E-state index in [9.17, 15) is 13.2 Å². The molecule has 4 nitrogen and oxygen atoms in total. The zero-order valence-corrected chi connectivity index (χ0v) is 20.1. The molecule has 0 saturated carbocycles. The van der Waals surface area contributed by atoms with Crippen LogP contribution in [0.15, 0.2) is 48.5 Å². The molecule has 33 heavy (non-hydrogen) atoms. The summed E-state index contributed by atoms with van der Waals surface area (Å²) >= 11 is 0. The van der Waals surface area contributed by atoms with E-state index in [0.717, 1.165) is 63.4 Å². The minimum Gasteiger partial charge on any atom is -0.486 e. The SMILES string of the molecule is CC(C)N1CCN(Cc2ccc(C(CCN(C)C)Oc3ccc(C(F)(F)F)cc3)cc2)CC1. The van der Waals surface area contributed by atoms with Gasteiger partial charge in [0.25, 0.3) is 0 Å². The molecule has 1 aliphatic heterocycles. The van der Waals surface area contributed by atoms with Crippen LogP contribution in [0, 0.1) is 0 Å². The third-order valence-corrected chi connectivity index (χ3v) is 6.19. The number of hydrogen-bond acceptors (Lipinski definition) is 4. The predicted octanol–water partition coefficient (Wildman–Crippen LogP) is 5.30. The maximum absolute atomic E-state index is 12.9. The average Bonchev–Trinajstić information content (AvgIpc) is 2.77. The highest BCUT2D eigenvalue weighted by atomic mass is 19.4. The van der Waals surface area contributed by atoms with Crippen LogP contribution in [0.4, 0.5) is 13.2 Å². The summed E-state index contributed by atoms with van der Waals surface area (Å²) in [5.41, 5.74) is 1.63. The van der Waals surface area contributed by atoms with Crippen molar-refractivity contribution in [2.75, 3.05) is 46.8 Å². The molecule has 1 atom stereocenters. The molecule has 1 fully saturated rings. The monoisotopic (exact) mass is 463 g/mol. The summed E-state index contributed by atoms with van der Waals surface area (Å²) < 4.78 is 44.7. The Kier molecular flexibility index (Phi) is 8.79. The fourth-order valence-corrected chi connectivity index (χ4v) is 4.09. The van der Waals surface area contributed by atoms with Gasteiger partial charge in [-0.1, -0.05) is 24.3 Å². The van der Waals surface area contributed by atoms with Crippen molar-refractivity contribution in [2.45, 2.75) is 45.1 Å². The lowest BCUT2D eigenvalue weighted by Gasteiger charge is -2.37. The first-order chi connectivity index (χ1) is 15.6. The minimum absolute atomic E-state index is 0.229. The summed E-state index contributed by atoms with van der Waals surface area (Å²) in [6.45, 7) is 10.6. The highest BCUT2D eigenvalue weighted by molar-refractivity contribution is 5.31. The standard InChI is InChI=1S/C26H36F3N3O/c1-20(2)32-17-15-31(16-18-32)19-21-5-7-22(8-6-21)25(13-14-30(3)4)33-24-11-9-23(10-12-24)26(27,28)29/h5-12,20,25H,13-19H2,1-4H3. The second-order valence-electron chi connectivity index (χ2n) is 9.37. The molecule has 7 heteroatoms. The Morgan fingerprint density at radius 3 is 2.03 bits per heavy atom. The average molecular weight is 464 g/mol. The number of rotatable bonds is 9. The number of hydrogen-bond donors (Lipinski definition) is 0. The molecule has 1 heterocycles. The Labute approximate surface area is 195 Å². The van der Waals surface area contributed by atoms with Gasteiger partial charge in [0, 0.05) is 51.7 Å². The molecular formula is C26H36F3N3O. The minimum atomic E-state index is -4.35. The molecule has 2 aromatic rings. The van der Waals surface area contributed by atoms with Crippen molar-refractivity contribution in [1.82, 2.24) is 14.7 Å². The van der Waals surface area contributed by atoms with Gasteiger partial charge in [-0.2, -0.15) is 13.2 Å². The van der Waals surface area contributed by atoms with Crippen LogP contribution in [0.2, 0.25) is 0 Å². The Morgan fingerprint density at radius 2 is 1.52 bits per heavy atom. The maximum Gasteiger partial charge on any atom is 0.416 e. The van der Waals surface area contributed by atoms with Crippen molar-refractivity contribution < 1.29 is 17.9 Å². The molecule has 0 radical (unpaired) electrons. The van der Waals surface area contributed by atoms with Gasteiger partial charge in [0.1, 0.15) is 11.9 Å². The molecule has 0 aromatic heterocycles. The summed E-state index contributed by atoms with van der Waals surface area (Å²) in [6.07, 6.45) is -3.84. The maximum atomic E-state index is 12.9. The fraction of sp³-hybridized carbons (Fsp3) is 0.538. The topological polar surface area (TPSA) is 19.0 Å². The van der Waals surface area contributed by atoms with E-state index in [-0.39, 0.29) is 6.10 Å². The number of piperazine rings is 1. The molecule has 182 valence electrons. The molecule has 0 N–H and O–H groups in total. The van der Waals surface area contributed by atoms with Crippen LogP contribution >= 0.6 is 0 Å². The molecule has 2 aromatic carbocycles. The van der Waals surface area contributed by atoms with E-state index in [4.69, 9.17) is 4.74 Å². The first-order valence-corrected chi connectivity index (χ1v) is 11.7. The van der Waals surface area contributed by atoms with Gasteiger partial charge in [0.05, 0.1) is 5.56 Å². The molecule has 3 rings (SSSR count). The smallest absolute Gasteiger partial charge is 0.416 e. The number of alkyl halides is 3. The third-order valence-electron chi connectivity index (χ3n) is 6.19. The lowest BCUT2D eigenvalue weighted by Crippen LogP contribution is -2.48. The largest absolute Gasteiger partial charge is 0.486 e. The van der Waals surface area contributed by atoms with Crippen molar-refractivity contribution in [3.8, 4) is 5.75 Å². The van der Waals surface area contributed by atoms with Gasteiger partial charge < -0.3 is 9.64 Å². The first-order valence-electron chi connectivity index (χ1n) is 11.7. The van der Waals surface area contributed by atoms with E-state index in [2.05, 4.69) is 52.8 Å². The molecule has 0 bridgehead atoms. The number of halogens is 3. The van der Waals surface area contributed by atoms with Crippen LogP contribution in [-0.4, -0.2) is 67.6 Å². The Bertz CT molecular complexity index is 843. The lowest BCUT2D eigenvalue weighted by atomic mass is 10.0. The van der Waals surface area contributed by atoms with E-state index >= 15 is 0 Å². The first kappa shape index (κ1) is 25.5. The van der Waals surface area contributed by atoms with Gasteiger partial charge >= 0.3 is 6.18 Å². The van der Waals surface area contributed by atoms with E-state index < -0.39 is 11.7 Å². The Hall–Kier alpha value is -2.09. The highest BCUT2D eigenvalue weighted by Crippen LogP contribution is 2.32. The van der Waals surface area contributed by atoms with Gasteiger partial charge in [-0.3, -0.25) is 9.80 Å². The van der Waals surface area contributed by atoms with Crippen LogP contribution in [-0.2, 0) is 12.7 Å². The van der Waals surface area contributed by atoms with Gasteiger partial charge in [-0.15, -0.1) is 0 Å². The van der Waals surface area contributed by atoms with Gasteiger partial charge in [-0.05, 0) is 63.3 Å². The molecule has 1 saturated heterocycles. The molecule has 0 amide bonds. The summed E-state index contributed by atoms with van der Waals surface area (Å²) in [7, 11) is 3.99. The van der Waals surface area contributed by atoms with E-state index in [1.165, 1.54) is 17.7 Å². The van der Waals surface area contributed by atoms with E-state index in [0.29, 0.717) is 11.8 Å². The summed E-state index contributed by atoms with van der Waals surface area (Å²) in [5.74, 6) is 0.443. The van der Waals surface area contributed by atoms with Gasteiger partial charge in [-0.25, -0.2) is 0 Å². The van der Waals surface area contributed by atoms with Gasteiger partial charge in [0.15, 0.2) is 0 Å². The van der Waals surface area contributed by atoms with Crippen LogP contribution in [0.3, 0.4) is 0 Å². The van der Waals surface area contributed by atoms with Crippen LogP contribution < -0.4 is 4.74 Å². The van der Waals surface area contributed by atoms with Crippen LogP contribution in [0.5, 0.6) is 5.75 Å². The van der Waals surface area contributed by atoms with Crippen molar-refractivity contribution >= 4 is 0 Å². The molecule has 0 aliphatic carbocycles. The van der Waals surface area contributed by atoms with Crippen LogP contribution in [0.25, 0.3) is 0 Å². The van der Waals surface area contributed by atoms with E-state index in [1.54, 1.807) is 0 Å². The highest BCUT2D eigenvalue weighted by Gasteiger charge is 2.30. The fourth-order valence-electron chi connectivity index (χ4n) is 4.09. The third kappa shape index (κ3) is 7.73. The van der Waals surface area contributed by atoms with Gasteiger partial charge in [0.2, 0.25) is 0 Å². The Balaban J connectivity index is 1.64. The van der Waals surface area contributed by atoms with Crippen molar-refractivity contribution in [2.24, 2.45) is 0 Å². The predicted molar refractivity (Wildman–Crippen MR) is 126 cm³/mol. The normalized spacial score (nSPS) is 17.0. The van der Waals surface area contributed by atoms with Crippen molar-refractivity contribution in [3.05, 3.63) is 65.2 Å². The van der Waals surface area contributed by atoms with Crippen molar-refractivity contribution in [3.63, 3.8) is 0 Å². The van der Waals surface area contributed by atoms with Crippen molar-refractivity contribution in [1.29, 1.82) is 0 Å². The number of ether oxygens (including phenoxy) is 1. The summed E-state index contributed by atoms with van der Waals surface area (Å²) in [4.78, 5) is 7.07. The molecule has 1 unspecified atom stereocenters.